The fourth-order valence-electron chi connectivity index (χ4n) is 2.07. The zero-order chi connectivity index (χ0) is 14.4. The van der Waals surface area contributed by atoms with Crippen LogP contribution in [0.25, 0.3) is 0 Å². The standard InChI is InChI=1S/C17H24O3/c1-3-4-5-6-7-14-8-10-15(11-9-14)16(18)19-12-17(2)13-20-17/h8-11H,3-7,12-13H2,1-2H3. The van der Waals surface area contributed by atoms with Gasteiger partial charge in [-0.15, -0.1) is 0 Å². The molecule has 3 nitrogen and oxygen atoms in total. The Hall–Kier alpha value is -1.35. The fraction of sp³-hybridized carbons (Fsp3) is 0.588. The SMILES string of the molecule is CCCCCCc1ccc(C(=O)OCC2(C)CO2)cc1. The second kappa shape index (κ2) is 6.89. The van der Waals surface area contributed by atoms with E-state index in [4.69, 9.17) is 9.47 Å². The highest BCUT2D eigenvalue weighted by Gasteiger charge is 2.40. The van der Waals surface area contributed by atoms with Gasteiger partial charge >= 0.3 is 5.97 Å². The molecule has 1 aliphatic heterocycles. The molecule has 1 saturated heterocycles. The molecule has 0 saturated carbocycles. The third kappa shape index (κ3) is 4.64. The van der Waals surface area contributed by atoms with Crippen molar-refractivity contribution in [3.63, 3.8) is 0 Å². The lowest BCUT2D eigenvalue weighted by atomic mass is 10.0. The minimum Gasteiger partial charge on any atom is -0.459 e. The van der Waals surface area contributed by atoms with E-state index in [0.717, 1.165) is 6.42 Å². The molecule has 1 fully saturated rings. The van der Waals surface area contributed by atoms with Crippen molar-refractivity contribution >= 4 is 5.97 Å². The van der Waals surface area contributed by atoms with E-state index in [0.29, 0.717) is 18.8 Å². The molecule has 0 radical (unpaired) electrons. The van der Waals surface area contributed by atoms with Crippen LogP contribution in [0.1, 0.15) is 55.5 Å². The quantitative estimate of drug-likeness (QED) is 0.412. The summed E-state index contributed by atoms with van der Waals surface area (Å²) in [6.07, 6.45) is 6.13. The number of rotatable bonds is 8. The molecule has 0 bridgehead atoms. The molecule has 0 aromatic heterocycles. The first-order valence-corrected chi connectivity index (χ1v) is 7.53. The number of hydrogen-bond donors (Lipinski definition) is 0. The number of carbonyl (C=O) groups excluding carboxylic acids is 1. The summed E-state index contributed by atoms with van der Waals surface area (Å²) >= 11 is 0. The van der Waals surface area contributed by atoms with Gasteiger partial charge in [0.15, 0.2) is 0 Å². The maximum atomic E-state index is 11.9. The molecule has 1 heterocycles. The van der Waals surface area contributed by atoms with Gasteiger partial charge in [0.2, 0.25) is 0 Å². The average Bonchev–Trinajstić information content (AvgIpc) is 3.20. The fourth-order valence-corrected chi connectivity index (χ4v) is 2.07. The lowest BCUT2D eigenvalue weighted by Crippen LogP contribution is -2.18. The maximum Gasteiger partial charge on any atom is 0.338 e. The first-order valence-electron chi connectivity index (χ1n) is 7.53. The number of benzene rings is 1. The zero-order valence-electron chi connectivity index (χ0n) is 12.5. The lowest BCUT2D eigenvalue weighted by molar-refractivity contribution is 0.0411. The van der Waals surface area contributed by atoms with Crippen molar-refractivity contribution in [1.29, 1.82) is 0 Å². The second-order valence-corrected chi connectivity index (χ2v) is 5.82. The van der Waals surface area contributed by atoms with Crippen molar-refractivity contribution in [2.24, 2.45) is 0 Å². The first kappa shape index (κ1) is 15.0. The Bertz CT molecular complexity index is 432. The molecule has 1 aromatic carbocycles. The predicted octanol–water partition coefficient (Wildman–Crippen LogP) is 3.76. The Kier molecular flexibility index (Phi) is 5.18. The smallest absolute Gasteiger partial charge is 0.338 e. The summed E-state index contributed by atoms with van der Waals surface area (Å²) in [6.45, 7) is 5.18. The summed E-state index contributed by atoms with van der Waals surface area (Å²) in [5.74, 6) is -0.265. The molecular formula is C17H24O3. The maximum absolute atomic E-state index is 11.9. The number of ether oxygens (including phenoxy) is 2. The van der Waals surface area contributed by atoms with E-state index in [9.17, 15) is 4.79 Å². The molecule has 1 atom stereocenters. The van der Waals surface area contributed by atoms with E-state index >= 15 is 0 Å². The third-order valence-electron chi connectivity index (χ3n) is 3.65. The van der Waals surface area contributed by atoms with Crippen LogP contribution in [0.5, 0.6) is 0 Å². The molecule has 2 rings (SSSR count). The van der Waals surface area contributed by atoms with Crippen LogP contribution in [0.15, 0.2) is 24.3 Å². The number of aryl methyl sites for hydroxylation is 1. The van der Waals surface area contributed by atoms with Gasteiger partial charge in [0.05, 0.1) is 12.2 Å². The van der Waals surface area contributed by atoms with Crippen molar-refractivity contribution in [2.75, 3.05) is 13.2 Å². The van der Waals surface area contributed by atoms with Crippen molar-refractivity contribution in [3.8, 4) is 0 Å². The Morgan fingerprint density at radius 2 is 1.95 bits per heavy atom. The van der Waals surface area contributed by atoms with E-state index < -0.39 is 0 Å². The highest BCUT2D eigenvalue weighted by atomic mass is 16.6. The molecule has 3 heteroatoms. The van der Waals surface area contributed by atoms with E-state index in [2.05, 4.69) is 6.92 Å². The van der Waals surface area contributed by atoms with Gasteiger partial charge in [-0.25, -0.2) is 4.79 Å². The number of hydrogen-bond acceptors (Lipinski definition) is 3. The molecule has 0 amide bonds. The van der Waals surface area contributed by atoms with Gasteiger partial charge in [0.25, 0.3) is 0 Å². The Balaban J connectivity index is 1.76. The minimum absolute atomic E-state index is 0.241. The lowest BCUT2D eigenvalue weighted by Gasteiger charge is -2.08. The van der Waals surface area contributed by atoms with Crippen LogP contribution < -0.4 is 0 Å². The van der Waals surface area contributed by atoms with Gasteiger partial charge in [-0.1, -0.05) is 38.3 Å². The van der Waals surface area contributed by atoms with E-state index in [1.54, 1.807) is 0 Å². The second-order valence-electron chi connectivity index (χ2n) is 5.82. The Labute approximate surface area is 121 Å². The molecule has 0 spiro atoms. The summed E-state index contributed by atoms with van der Waals surface area (Å²) in [7, 11) is 0. The van der Waals surface area contributed by atoms with Crippen LogP contribution >= 0.6 is 0 Å². The molecule has 20 heavy (non-hydrogen) atoms. The van der Waals surface area contributed by atoms with Gasteiger partial charge in [0, 0.05) is 0 Å². The van der Waals surface area contributed by atoms with Crippen molar-refractivity contribution < 1.29 is 14.3 Å². The summed E-state index contributed by atoms with van der Waals surface area (Å²) in [4.78, 5) is 11.9. The molecular weight excluding hydrogens is 252 g/mol. The van der Waals surface area contributed by atoms with Gasteiger partial charge in [-0.2, -0.15) is 0 Å². The summed E-state index contributed by atoms with van der Waals surface area (Å²) in [5.41, 5.74) is 1.66. The Morgan fingerprint density at radius 3 is 2.55 bits per heavy atom. The summed E-state index contributed by atoms with van der Waals surface area (Å²) in [5, 5.41) is 0. The monoisotopic (exact) mass is 276 g/mol. The number of carbonyl (C=O) groups is 1. The zero-order valence-corrected chi connectivity index (χ0v) is 12.5. The first-order chi connectivity index (χ1) is 9.63. The largest absolute Gasteiger partial charge is 0.459 e. The molecule has 0 aliphatic carbocycles. The normalized spacial score (nSPS) is 20.7. The summed E-state index contributed by atoms with van der Waals surface area (Å²) < 4.78 is 10.4. The number of esters is 1. The molecule has 1 unspecified atom stereocenters. The molecule has 1 aliphatic rings. The number of unbranched alkanes of at least 4 members (excludes halogenated alkanes) is 3. The van der Waals surface area contributed by atoms with Gasteiger partial charge in [-0.05, 0) is 37.5 Å². The summed E-state index contributed by atoms with van der Waals surface area (Å²) in [6, 6.07) is 7.76. The van der Waals surface area contributed by atoms with Crippen molar-refractivity contribution in [2.45, 2.75) is 51.6 Å². The molecule has 1 aromatic rings. The van der Waals surface area contributed by atoms with E-state index in [1.807, 2.05) is 31.2 Å². The molecule has 0 N–H and O–H groups in total. The van der Waals surface area contributed by atoms with Gasteiger partial charge in [0.1, 0.15) is 12.2 Å². The van der Waals surface area contributed by atoms with E-state index in [1.165, 1.54) is 31.2 Å². The van der Waals surface area contributed by atoms with Crippen LogP contribution in [-0.2, 0) is 15.9 Å². The Morgan fingerprint density at radius 1 is 1.25 bits per heavy atom. The number of epoxide rings is 1. The average molecular weight is 276 g/mol. The van der Waals surface area contributed by atoms with Crippen LogP contribution in [0.3, 0.4) is 0 Å². The van der Waals surface area contributed by atoms with Crippen LogP contribution in [0.2, 0.25) is 0 Å². The highest BCUT2D eigenvalue weighted by Crippen LogP contribution is 2.26. The molecule has 110 valence electrons. The van der Waals surface area contributed by atoms with Crippen molar-refractivity contribution in [1.82, 2.24) is 0 Å². The minimum atomic E-state index is -0.265. The van der Waals surface area contributed by atoms with Crippen LogP contribution in [0.4, 0.5) is 0 Å². The van der Waals surface area contributed by atoms with E-state index in [-0.39, 0.29) is 11.6 Å². The topological polar surface area (TPSA) is 38.8 Å². The third-order valence-corrected chi connectivity index (χ3v) is 3.65. The van der Waals surface area contributed by atoms with Gasteiger partial charge < -0.3 is 9.47 Å². The van der Waals surface area contributed by atoms with Crippen molar-refractivity contribution in [3.05, 3.63) is 35.4 Å². The highest BCUT2D eigenvalue weighted by molar-refractivity contribution is 5.89. The van der Waals surface area contributed by atoms with Crippen LogP contribution in [-0.4, -0.2) is 24.8 Å². The van der Waals surface area contributed by atoms with Gasteiger partial charge in [-0.3, -0.25) is 0 Å². The predicted molar refractivity (Wildman–Crippen MR) is 78.9 cm³/mol. The van der Waals surface area contributed by atoms with Crippen LogP contribution in [0, 0.1) is 0 Å².